The number of carboxylic acid groups (broad SMARTS) is 1. The van der Waals surface area contributed by atoms with E-state index < -0.39 is 11.8 Å². The standard InChI is InChI=1S/C10H6FNO2S/c11-8-5-12-3-1-6(8)7-2-4-15-9(7)10(13)14/h1-5H,(H,13,14). The molecule has 76 valence electrons. The summed E-state index contributed by atoms with van der Waals surface area (Å²) in [6.45, 7) is 0. The Labute approximate surface area is 88.8 Å². The van der Waals surface area contributed by atoms with Gasteiger partial charge in [0.25, 0.3) is 0 Å². The summed E-state index contributed by atoms with van der Waals surface area (Å²) >= 11 is 1.07. The van der Waals surface area contributed by atoms with E-state index in [2.05, 4.69) is 4.98 Å². The first-order chi connectivity index (χ1) is 7.20. The minimum atomic E-state index is -1.05. The van der Waals surface area contributed by atoms with E-state index in [9.17, 15) is 9.18 Å². The second kappa shape index (κ2) is 3.78. The molecule has 0 aromatic carbocycles. The number of aromatic nitrogens is 1. The quantitative estimate of drug-likeness (QED) is 0.851. The van der Waals surface area contributed by atoms with Gasteiger partial charge < -0.3 is 5.11 Å². The molecular weight excluding hydrogens is 217 g/mol. The van der Waals surface area contributed by atoms with Gasteiger partial charge in [-0.25, -0.2) is 9.18 Å². The second-order valence-electron chi connectivity index (χ2n) is 2.82. The molecule has 0 spiro atoms. The van der Waals surface area contributed by atoms with Gasteiger partial charge in [0.05, 0.1) is 6.20 Å². The Balaban J connectivity index is 2.59. The van der Waals surface area contributed by atoms with Gasteiger partial charge in [-0.2, -0.15) is 0 Å². The molecule has 0 bridgehead atoms. The SMILES string of the molecule is O=C(O)c1sccc1-c1ccncc1F. The van der Waals surface area contributed by atoms with Crippen LogP contribution < -0.4 is 0 Å². The van der Waals surface area contributed by atoms with Gasteiger partial charge in [-0.3, -0.25) is 4.98 Å². The molecule has 3 nitrogen and oxygen atoms in total. The molecule has 2 aromatic rings. The number of carbonyl (C=O) groups is 1. The van der Waals surface area contributed by atoms with Gasteiger partial charge >= 0.3 is 5.97 Å². The van der Waals surface area contributed by atoms with Gasteiger partial charge in [0, 0.05) is 17.3 Å². The third kappa shape index (κ3) is 1.73. The normalized spacial score (nSPS) is 10.2. The molecule has 5 heteroatoms. The number of hydrogen-bond donors (Lipinski definition) is 1. The smallest absolute Gasteiger partial charge is 0.346 e. The van der Waals surface area contributed by atoms with Gasteiger partial charge in [-0.15, -0.1) is 11.3 Å². The molecule has 0 unspecified atom stereocenters. The van der Waals surface area contributed by atoms with E-state index in [1.165, 1.54) is 12.3 Å². The van der Waals surface area contributed by atoms with Crippen LogP contribution in [0, 0.1) is 5.82 Å². The van der Waals surface area contributed by atoms with Crippen LogP contribution in [0.2, 0.25) is 0 Å². The zero-order chi connectivity index (χ0) is 10.8. The van der Waals surface area contributed by atoms with Crippen molar-refractivity contribution in [1.29, 1.82) is 0 Å². The predicted octanol–water partition coefficient (Wildman–Crippen LogP) is 2.65. The number of carboxylic acids is 1. The second-order valence-corrected chi connectivity index (χ2v) is 3.74. The number of halogens is 1. The molecule has 0 saturated carbocycles. The summed E-state index contributed by atoms with van der Waals surface area (Å²) < 4.78 is 13.3. The van der Waals surface area contributed by atoms with Gasteiger partial charge in [0.2, 0.25) is 0 Å². The lowest BCUT2D eigenvalue weighted by atomic mass is 10.1. The molecule has 0 fully saturated rings. The fraction of sp³-hybridized carbons (Fsp3) is 0. The van der Waals surface area contributed by atoms with E-state index in [-0.39, 0.29) is 10.4 Å². The van der Waals surface area contributed by atoms with E-state index in [0.717, 1.165) is 17.5 Å². The first-order valence-electron chi connectivity index (χ1n) is 4.11. The van der Waals surface area contributed by atoms with E-state index >= 15 is 0 Å². The minimum absolute atomic E-state index is 0.139. The average molecular weight is 223 g/mol. The Bertz CT molecular complexity index is 510. The fourth-order valence-corrected chi connectivity index (χ4v) is 2.03. The molecule has 0 saturated heterocycles. The predicted molar refractivity (Wildman–Crippen MR) is 54.5 cm³/mol. The molecule has 15 heavy (non-hydrogen) atoms. The molecular formula is C10H6FNO2S. The van der Waals surface area contributed by atoms with Crippen molar-refractivity contribution in [1.82, 2.24) is 4.98 Å². The molecule has 0 aliphatic heterocycles. The summed E-state index contributed by atoms with van der Waals surface area (Å²) in [7, 11) is 0. The lowest BCUT2D eigenvalue weighted by Crippen LogP contribution is -1.95. The highest BCUT2D eigenvalue weighted by atomic mass is 32.1. The van der Waals surface area contributed by atoms with Gasteiger partial charge in [0.1, 0.15) is 10.7 Å². The van der Waals surface area contributed by atoms with Gasteiger partial charge in [0.15, 0.2) is 0 Å². The number of hydrogen-bond acceptors (Lipinski definition) is 3. The van der Waals surface area contributed by atoms with Crippen molar-refractivity contribution < 1.29 is 14.3 Å². The zero-order valence-electron chi connectivity index (χ0n) is 7.48. The van der Waals surface area contributed by atoms with Crippen molar-refractivity contribution in [3.63, 3.8) is 0 Å². The van der Waals surface area contributed by atoms with Crippen LogP contribution in [0.5, 0.6) is 0 Å². The summed E-state index contributed by atoms with van der Waals surface area (Å²) in [4.78, 5) is 14.6. The van der Waals surface area contributed by atoms with Crippen LogP contribution in [0.15, 0.2) is 29.9 Å². The Kier molecular flexibility index (Phi) is 2.47. The van der Waals surface area contributed by atoms with E-state index in [0.29, 0.717) is 5.56 Å². The van der Waals surface area contributed by atoms with Crippen LogP contribution in [0.25, 0.3) is 11.1 Å². The fourth-order valence-electron chi connectivity index (χ4n) is 1.28. The van der Waals surface area contributed by atoms with Crippen molar-refractivity contribution in [2.75, 3.05) is 0 Å². The average Bonchev–Trinajstić information content (AvgIpc) is 2.67. The van der Waals surface area contributed by atoms with Gasteiger partial charge in [-0.1, -0.05) is 0 Å². The van der Waals surface area contributed by atoms with Crippen LogP contribution in [0.4, 0.5) is 4.39 Å². The first kappa shape index (κ1) is 9.79. The summed E-state index contributed by atoms with van der Waals surface area (Å²) in [6.07, 6.45) is 2.50. The van der Waals surface area contributed by atoms with Crippen LogP contribution in [-0.2, 0) is 0 Å². The highest BCUT2D eigenvalue weighted by Gasteiger charge is 2.15. The van der Waals surface area contributed by atoms with Crippen LogP contribution >= 0.6 is 11.3 Å². The monoisotopic (exact) mass is 223 g/mol. The number of nitrogens with zero attached hydrogens (tertiary/aromatic N) is 1. The summed E-state index contributed by atoms with van der Waals surface area (Å²) in [5.74, 6) is -1.56. The van der Waals surface area contributed by atoms with Crippen molar-refractivity contribution in [3.8, 4) is 11.1 Å². The molecule has 2 aromatic heterocycles. The number of aromatic carboxylic acids is 1. The molecule has 2 heterocycles. The highest BCUT2D eigenvalue weighted by Crippen LogP contribution is 2.29. The highest BCUT2D eigenvalue weighted by molar-refractivity contribution is 7.12. The zero-order valence-corrected chi connectivity index (χ0v) is 8.29. The third-order valence-corrected chi connectivity index (χ3v) is 2.82. The Hall–Kier alpha value is -1.75. The van der Waals surface area contributed by atoms with Crippen molar-refractivity contribution >= 4 is 17.3 Å². The topological polar surface area (TPSA) is 50.2 Å². The summed E-state index contributed by atoms with van der Waals surface area (Å²) in [6, 6.07) is 3.05. The maximum absolute atomic E-state index is 13.3. The van der Waals surface area contributed by atoms with Crippen molar-refractivity contribution in [2.24, 2.45) is 0 Å². The van der Waals surface area contributed by atoms with Crippen molar-refractivity contribution in [2.45, 2.75) is 0 Å². The molecule has 0 amide bonds. The third-order valence-electron chi connectivity index (χ3n) is 1.92. The van der Waals surface area contributed by atoms with Crippen LogP contribution in [0.3, 0.4) is 0 Å². The van der Waals surface area contributed by atoms with Crippen molar-refractivity contribution in [3.05, 3.63) is 40.6 Å². The minimum Gasteiger partial charge on any atom is -0.477 e. The molecule has 2 rings (SSSR count). The number of thiophene rings is 1. The Morgan fingerprint density at radius 3 is 2.87 bits per heavy atom. The Morgan fingerprint density at radius 1 is 1.40 bits per heavy atom. The van der Waals surface area contributed by atoms with E-state index in [1.807, 2.05) is 0 Å². The molecule has 0 aliphatic carbocycles. The molecule has 1 N–H and O–H groups in total. The van der Waals surface area contributed by atoms with E-state index in [1.54, 1.807) is 11.4 Å². The summed E-state index contributed by atoms with van der Waals surface area (Å²) in [5.41, 5.74) is 0.663. The summed E-state index contributed by atoms with van der Waals surface area (Å²) in [5, 5.41) is 10.5. The maximum Gasteiger partial charge on any atom is 0.346 e. The molecule has 0 radical (unpaired) electrons. The van der Waals surface area contributed by atoms with E-state index in [4.69, 9.17) is 5.11 Å². The number of pyridine rings is 1. The molecule has 0 atom stereocenters. The number of rotatable bonds is 2. The molecule has 0 aliphatic rings. The van der Waals surface area contributed by atoms with Crippen LogP contribution in [-0.4, -0.2) is 16.1 Å². The van der Waals surface area contributed by atoms with Gasteiger partial charge in [-0.05, 0) is 17.5 Å². The lowest BCUT2D eigenvalue weighted by Gasteiger charge is -2.00. The maximum atomic E-state index is 13.3. The van der Waals surface area contributed by atoms with Crippen LogP contribution in [0.1, 0.15) is 9.67 Å². The largest absolute Gasteiger partial charge is 0.477 e. The lowest BCUT2D eigenvalue weighted by molar-refractivity contribution is 0.0703. The Morgan fingerprint density at radius 2 is 2.20 bits per heavy atom. The first-order valence-corrected chi connectivity index (χ1v) is 4.99.